The molecule has 0 saturated carbocycles. The molecule has 1 aromatic heterocycles. The Morgan fingerprint density at radius 3 is 2.55 bits per heavy atom. The Bertz CT molecular complexity index is 819. The maximum atomic E-state index is 12.7. The van der Waals surface area contributed by atoms with Gasteiger partial charge < -0.3 is 19.9 Å². The molecule has 1 aromatic carbocycles. The first-order chi connectivity index (χ1) is 14.2. The zero-order chi connectivity index (χ0) is 20.1. The summed E-state index contributed by atoms with van der Waals surface area (Å²) in [5, 5.41) is 8.65. The number of anilines is 3. The molecule has 0 bridgehead atoms. The molecule has 154 valence electrons. The average molecular weight is 415 g/mol. The predicted molar refractivity (Wildman–Crippen MR) is 116 cm³/mol. The minimum Gasteiger partial charge on any atom is -0.378 e. The minimum atomic E-state index is -0.197. The van der Waals surface area contributed by atoms with Gasteiger partial charge in [0.15, 0.2) is 0 Å². The van der Waals surface area contributed by atoms with Crippen LogP contribution in [0.1, 0.15) is 12.8 Å². The standard InChI is InChI=1S/C21H26N4O3S/c26-20(22-17-5-7-18(8-6-17)24-10-12-28-13-11-24)16-3-1-9-25(15-16)21(27)23-19-4-2-14-29-19/h2,4-8,14,16H,1,3,9-13,15H2,(H,22,26)(H,23,27). The van der Waals surface area contributed by atoms with Crippen LogP contribution in [0.4, 0.5) is 21.2 Å². The summed E-state index contributed by atoms with van der Waals surface area (Å²) in [5.74, 6) is -0.227. The van der Waals surface area contributed by atoms with Crippen LogP contribution in [0.5, 0.6) is 0 Å². The fourth-order valence-corrected chi connectivity index (χ4v) is 4.34. The summed E-state index contributed by atoms with van der Waals surface area (Å²) in [7, 11) is 0. The normalized spacial score (nSPS) is 19.7. The third-order valence-electron chi connectivity index (χ3n) is 5.34. The molecular weight excluding hydrogens is 388 g/mol. The first-order valence-electron chi connectivity index (χ1n) is 10.0. The van der Waals surface area contributed by atoms with Crippen molar-refractivity contribution in [1.82, 2.24) is 4.90 Å². The Hall–Kier alpha value is -2.58. The summed E-state index contributed by atoms with van der Waals surface area (Å²) < 4.78 is 5.39. The molecule has 2 N–H and O–H groups in total. The summed E-state index contributed by atoms with van der Waals surface area (Å²) in [6.45, 7) is 4.38. The van der Waals surface area contributed by atoms with Gasteiger partial charge in [-0.05, 0) is 54.6 Å². The Labute approximate surface area is 174 Å². The van der Waals surface area contributed by atoms with E-state index in [0.29, 0.717) is 13.1 Å². The second-order valence-corrected chi connectivity index (χ2v) is 8.28. The van der Waals surface area contributed by atoms with Gasteiger partial charge in [0.25, 0.3) is 0 Å². The van der Waals surface area contributed by atoms with Crippen molar-refractivity contribution in [1.29, 1.82) is 0 Å². The number of ether oxygens (including phenoxy) is 1. The second kappa shape index (κ2) is 9.28. The molecule has 1 unspecified atom stereocenters. The maximum absolute atomic E-state index is 12.7. The second-order valence-electron chi connectivity index (χ2n) is 7.33. The van der Waals surface area contributed by atoms with Gasteiger partial charge in [-0.25, -0.2) is 4.79 Å². The first-order valence-corrected chi connectivity index (χ1v) is 10.9. The number of piperidine rings is 1. The predicted octanol–water partition coefficient (Wildman–Crippen LogP) is 3.47. The Balaban J connectivity index is 1.31. The molecule has 0 spiro atoms. The molecule has 3 heterocycles. The van der Waals surface area contributed by atoms with Gasteiger partial charge in [0, 0.05) is 37.6 Å². The van der Waals surface area contributed by atoms with Crippen LogP contribution in [0.3, 0.4) is 0 Å². The fraction of sp³-hybridized carbons (Fsp3) is 0.429. The molecule has 2 saturated heterocycles. The highest BCUT2D eigenvalue weighted by molar-refractivity contribution is 7.14. The van der Waals surface area contributed by atoms with E-state index >= 15 is 0 Å². The molecule has 2 fully saturated rings. The molecule has 2 aromatic rings. The fourth-order valence-electron chi connectivity index (χ4n) is 3.73. The van der Waals surface area contributed by atoms with E-state index in [9.17, 15) is 9.59 Å². The van der Waals surface area contributed by atoms with E-state index < -0.39 is 0 Å². The number of morpholine rings is 1. The maximum Gasteiger partial charge on any atom is 0.322 e. The van der Waals surface area contributed by atoms with E-state index in [2.05, 4.69) is 15.5 Å². The van der Waals surface area contributed by atoms with Crippen molar-refractivity contribution in [2.45, 2.75) is 12.8 Å². The highest BCUT2D eigenvalue weighted by atomic mass is 32.1. The monoisotopic (exact) mass is 414 g/mol. The molecule has 4 rings (SSSR count). The minimum absolute atomic E-state index is 0.0299. The molecule has 3 amide bonds. The quantitative estimate of drug-likeness (QED) is 0.804. The van der Waals surface area contributed by atoms with Gasteiger partial charge in [-0.2, -0.15) is 0 Å². The van der Waals surface area contributed by atoms with Crippen LogP contribution in [0.15, 0.2) is 41.8 Å². The van der Waals surface area contributed by atoms with Crippen molar-refractivity contribution in [3.63, 3.8) is 0 Å². The highest BCUT2D eigenvalue weighted by Crippen LogP contribution is 2.23. The van der Waals surface area contributed by atoms with Gasteiger partial charge in [0.1, 0.15) is 0 Å². The zero-order valence-corrected chi connectivity index (χ0v) is 17.1. The van der Waals surface area contributed by atoms with Crippen LogP contribution in [0, 0.1) is 5.92 Å². The number of likely N-dealkylation sites (tertiary alicyclic amines) is 1. The van der Waals surface area contributed by atoms with Crippen molar-refractivity contribution in [2.75, 3.05) is 54.9 Å². The van der Waals surface area contributed by atoms with Gasteiger partial charge in [-0.1, -0.05) is 0 Å². The average Bonchev–Trinajstić information content (AvgIpc) is 3.28. The summed E-state index contributed by atoms with van der Waals surface area (Å²) in [5.41, 5.74) is 1.92. The third kappa shape index (κ3) is 5.07. The molecule has 1 atom stereocenters. The molecule has 8 heteroatoms. The molecule has 7 nitrogen and oxygen atoms in total. The number of hydrogen-bond acceptors (Lipinski definition) is 5. The molecule has 0 radical (unpaired) electrons. The molecule has 2 aliphatic rings. The largest absolute Gasteiger partial charge is 0.378 e. The van der Waals surface area contributed by atoms with Gasteiger partial charge >= 0.3 is 6.03 Å². The molecule has 29 heavy (non-hydrogen) atoms. The highest BCUT2D eigenvalue weighted by Gasteiger charge is 2.28. The van der Waals surface area contributed by atoms with E-state index in [1.807, 2.05) is 41.8 Å². The lowest BCUT2D eigenvalue weighted by molar-refractivity contribution is -0.121. The summed E-state index contributed by atoms with van der Waals surface area (Å²) in [6, 6.07) is 11.6. The SMILES string of the molecule is O=C(Nc1ccc(N2CCOCC2)cc1)C1CCCN(C(=O)Nc2cccs2)C1. The lowest BCUT2D eigenvalue weighted by atomic mass is 9.97. The number of carbonyl (C=O) groups is 2. The van der Waals surface area contributed by atoms with E-state index in [0.717, 1.165) is 55.5 Å². The summed E-state index contributed by atoms with van der Waals surface area (Å²) in [6.07, 6.45) is 1.62. The van der Waals surface area contributed by atoms with Gasteiger partial charge in [0.2, 0.25) is 5.91 Å². The van der Waals surface area contributed by atoms with E-state index in [4.69, 9.17) is 4.74 Å². The summed E-state index contributed by atoms with van der Waals surface area (Å²) in [4.78, 5) is 29.2. The van der Waals surface area contributed by atoms with Crippen molar-refractivity contribution < 1.29 is 14.3 Å². The van der Waals surface area contributed by atoms with Crippen molar-refractivity contribution in [3.05, 3.63) is 41.8 Å². The Morgan fingerprint density at radius 1 is 1.03 bits per heavy atom. The van der Waals surface area contributed by atoms with Gasteiger partial charge in [0.05, 0.1) is 24.1 Å². The van der Waals surface area contributed by atoms with Gasteiger partial charge in [-0.15, -0.1) is 11.3 Å². The number of benzene rings is 1. The van der Waals surface area contributed by atoms with Crippen LogP contribution < -0.4 is 15.5 Å². The number of nitrogens with zero attached hydrogens (tertiary/aromatic N) is 2. The van der Waals surface area contributed by atoms with Crippen LogP contribution >= 0.6 is 11.3 Å². The number of urea groups is 1. The van der Waals surface area contributed by atoms with Crippen molar-refractivity contribution >= 4 is 39.7 Å². The Morgan fingerprint density at radius 2 is 1.83 bits per heavy atom. The molecule has 0 aliphatic carbocycles. The van der Waals surface area contributed by atoms with E-state index in [1.54, 1.807) is 4.90 Å². The lowest BCUT2D eigenvalue weighted by Crippen LogP contribution is -2.45. The Kier molecular flexibility index (Phi) is 6.31. The zero-order valence-electron chi connectivity index (χ0n) is 16.3. The number of rotatable bonds is 4. The topological polar surface area (TPSA) is 73.9 Å². The van der Waals surface area contributed by atoms with Crippen LogP contribution in [0.25, 0.3) is 0 Å². The van der Waals surface area contributed by atoms with Crippen LogP contribution in [0.2, 0.25) is 0 Å². The number of hydrogen-bond donors (Lipinski definition) is 2. The third-order valence-corrected chi connectivity index (χ3v) is 6.13. The molecule has 2 aliphatic heterocycles. The van der Waals surface area contributed by atoms with Crippen LogP contribution in [-0.2, 0) is 9.53 Å². The number of amides is 3. The molecular formula is C21H26N4O3S. The number of carbonyl (C=O) groups excluding carboxylic acids is 2. The summed E-state index contributed by atoms with van der Waals surface area (Å²) >= 11 is 1.49. The lowest BCUT2D eigenvalue weighted by Gasteiger charge is -2.32. The number of thiophene rings is 1. The smallest absolute Gasteiger partial charge is 0.322 e. The van der Waals surface area contributed by atoms with Crippen molar-refractivity contribution in [3.8, 4) is 0 Å². The van der Waals surface area contributed by atoms with Crippen molar-refractivity contribution in [2.24, 2.45) is 5.92 Å². The van der Waals surface area contributed by atoms with E-state index in [-0.39, 0.29) is 17.9 Å². The van der Waals surface area contributed by atoms with Gasteiger partial charge in [-0.3, -0.25) is 10.1 Å². The number of nitrogens with one attached hydrogen (secondary N) is 2. The van der Waals surface area contributed by atoms with E-state index in [1.165, 1.54) is 11.3 Å². The van der Waals surface area contributed by atoms with Crippen LogP contribution in [-0.4, -0.2) is 56.2 Å². The first kappa shape index (κ1) is 19.7.